The molecule has 1 amide bonds. The van der Waals surface area contributed by atoms with Crippen molar-refractivity contribution in [1.29, 1.82) is 0 Å². The van der Waals surface area contributed by atoms with Gasteiger partial charge in [0.1, 0.15) is 5.82 Å². The highest BCUT2D eigenvalue weighted by atomic mass is 19.1. The molecule has 80 valence electrons. The van der Waals surface area contributed by atoms with Crippen LogP contribution in [-0.2, 0) is 6.54 Å². The lowest BCUT2D eigenvalue weighted by molar-refractivity contribution is 0.0102. The highest BCUT2D eigenvalue weighted by molar-refractivity contribution is 5.96. The van der Waals surface area contributed by atoms with Crippen LogP contribution in [0.25, 0.3) is 0 Å². The number of carbonyl (C=O) groups excluding carboxylic acids is 1. The Morgan fingerprint density at radius 1 is 1.33 bits per heavy atom. The van der Waals surface area contributed by atoms with Crippen LogP contribution in [0.5, 0.6) is 0 Å². The van der Waals surface area contributed by atoms with Crippen molar-refractivity contribution in [1.82, 2.24) is 10.0 Å². The third-order valence-corrected chi connectivity index (χ3v) is 2.82. The third kappa shape index (κ3) is 1.51. The van der Waals surface area contributed by atoms with Gasteiger partial charge in [0.25, 0.3) is 5.91 Å². The van der Waals surface area contributed by atoms with E-state index in [2.05, 4.69) is 0 Å². The summed E-state index contributed by atoms with van der Waals surface area (Å²) in [6, 6.07) is 3.07. The Kier molecular flexibility index (Phi) is 2.23. The summed E-state index contributed by atoms with van der Waals surface area (Å²) < 4.78 is 13.3. The molecule has 0 N–H and O–H groups in total. The van der Waals surface area contributed by atoms with Gasteiger partial charge in [0.05, 0.1) is 0 Å². The van der Waals surface area contributed by atoms with E-state index >= 15 is 0 Å². The lowest BCUT2D eigenvalue weighted by Crippen LogP contribution is -2.45. The van der Waals surface area contributed by atoms with Gasteiger partial charge in [-0.05, 0) is 24.1 Å². The predicted molar refractivity (Wildman–Crippen MR) is 54.7 cm³/mol. The van der Waals surface area contributed by atoms with Crippen LogP contribution in [0, 0.1) is 12.7 Å². The molecule has 15 heavy (non-hydrogen) atoms. The molecule has 1 aromatic carbocycles. The summed E-state index contributed by atoms with van der Waals surface area (Å²) in [5.41, 5.74) is 1.94. The number of hydrogen-bond acceptors (Lipinski definition) is 2. The fourth-order valence-electron chi connectivity index (χ4n) is 1.75. The zero-order valence-electron chi connectivity index (χ0n) is 9.04. The summed E-state index contributed by atoms with van der Waals surface area (Å²) in [7, 11) is 3.52. The van der Waals surface area contributed by atoms with Crippen LogP contribution < -0.4 is 0 Å². The lowest BCUT2D eigenvalue weighted by Gasteiger charge is -2.34. The van der Waals surface area contributed by atoms with E-state index in [-0.39, 0.29) is 11.7 Å². The van der Waals surface area contributed by atoms with Gasteiger partial charge in [0.15, 0.2) is 0 Å². The maximum absolute atomic E-state index is 13.3. The monoisotopic (exact) mass is 208 g/mol. The minimum absolute atomic E-state index is 0.155. The molecule has 1 aliphatic heterocycles. The molecule has 0 aliphatic carbocycles. The first-order valence-corrected chi connectivity index (χ1v) is 4.79. The number of rotatable bonds is 0. The minimum atomic E-state index is -0.319. The quantitative estimate of drug-likeness (QED) is 0.646. The Hall–Kier alpha value is -1.42. The van der Waals surface area contributed by atoms with Crippen LogP contribution in [0.4, 0.5) is 4.39 Å². The number of halogens is 1. The first-order valence-electron chi connectivity index (χ1n) is 4.79. The number of hydrogen-bond donors (Lipinski definition) is 0. The second kappa shape index (κ2) is 3.31. The molecule has 1 aromatic rings. The van der Waals surface area contributed by atoms with Gasteiger partial charge in [-0.15, -0.1) is 0 Å². The second-order valence-corrected chi connectivity index (χ2v) is 3.90. The second-order valence-electron chi connectivity index (χ2n) is 3.90. The van der Waals surface area contributed by atoms with Gasteiger partial charge in [0.2, 0.25) is 0 Å². The summed E-state index contributed by atoms with van der Waals surface area (Å²) in [6.45, 7) is 2.34. The van der Waals surface area contributed by atoms with Gasteiger partial charge in [-0.25, -0.2) is 9.40 Å². The molecule has 0 atom stereocenters. The van der Waals surface area contributed by atoms with Gasteiger partial charge >= 0.3 is 0 Å². The average molecular weight is 208 g/mol. The predicted octanol–water partition coefficient (Wildman–Crippen LogP) is 1.57. The number of hydrazine groups is 1. The van der Waals surface area contributed by atoms with Gasteiger partial charge in [-0.1, -0.05) is 6.07 Å². The molecule has 0 saturated heterocycles. The lowest BCUT2D eigenvalue weighted by atomic mass is 10.0. The topological polar surface area (TPSA) is 23.6 Å². The number of carbonyl (C=O) groups is 1. The molecule has 0 unspecified atom stereocenters. The molecule has 0 fully saturated rings. The Balaban J connectivity index is 2.56. The zero-order chi connectivity index (χ0) is 11.2. The van der Waals surface area contributed by atoms with Crippen LogP contribution >= 0.6 is 0 Å². The van der Waals surface area contributed by atoms with Crippen LogP contribution in [0.15, 0.2) is 12.1 Å². The fourth-order valence-corrected chi connectivity index (χ4v) is 1.75. The average Bonchev–Trinajstić information content (AvgIpc) is 2.19. The summed E-state index contributed by atoms with van der Waals surface area (Å²) in [6.07, 6.45) is 0. The third-order valence-electron chi connectivity index (χ3n) is 2.82. The zero-order valence-corrected chi connectivity index (χ0v) is 9.04. The first-order chi connectivity index (χ1) is 7.00. The molecule has 1 heterocycles. The van der Waals surface area contributed by atoms with E-state index in [1.165, 1.54) is 11.1 Å². The van der Waals surface area contributed by atoms with E-state index in [1.54, 1.807) is 20.0 Å². The Morgan fingerprint density at radius 3 is 2.67 bits per heavy atom. The molecule has 0 bridgehead atoms. The molecular weight excluding hydrogens is 195 g/mol. The molecule has 0 radical (unpaired) electrons. The maximum atomic E-state index is 13.3. The first kappa shape index (κ1) is 10.1. The van der Waals surface area contributed by atoms with Crippen molar-refractivity contribution in [3.8, 4) is 0 Å². The van der Waals surface area contributed by atoms with Crippen LogP contribution in [-0.4, -0.2) is 30.0 Å². The van der Waals surface area contributed by atoms with Crippen molar-refractivity contribution < 1.29 is 9.18 Å². The number of benzene rings is 1. The molecule has 0 spiro atoms. The largest absolute Gasteiger partial charge is 0.274 e. The summed E-state index contributed by atoms with van der Waals surface area (Å²) in [5, 5.41) is 3.30. The van der Waals surface area contributed by atoms with Gasteiger partial charge < -0.3 is 0 Å². The van der Waals surface area contributed by atoms with Crippen molar-refractivity contribution >= 4 is 5.91 Å². The van der Waals surface area contributed by atoms with Crippen molar-refractivity contribution in [3.63, 3.8) is 0 Å². The molecule has 2 rings (SSSR count). The highest BCUT2D eigenvalue weighted by Crippen LogP contribution is 2.23. The van der Waals surface area contributed by atoms with Crippen molar-refractivity contribution in [2.45, 2.75) is 13.5 Å². The SMILES string of the molecule is Cc1cc2c(cc1F)C(=O)N(C)N(C)C2. The van der Waals surface area contributed by atoms with E-state index in [1.807, 2.05) is 12.1 Å². The van der Waals surface area contributed by atoms with Gasteiger partial charge in [0, 0.05) is 26.2 Å². The molecule has 0 aromatic heterocycles. The molecule has 0 saturated carbocycles. The number of aryl methyl sites for hydroxylation is 1. The normalized spacial score (nSPS) is 16.8. The van der Waals surface area contributed by atoms with Crippen LogP contribution in [0.2, 0.25) is 0 Å². The Bertz CT molecular complexity index is 431. The molecule has 3 nitrogen and oxygen atoms in total. The van der Waals surface area contributed by atoms with Crippen LogP contribution in [0.3, 0.4) is 0 Å². The maximum Gasteiger partial charge on any atom is 0.268 e. The van der Waals surface area contributed by atoms with Crippen molar-refractivity contribution in [2.75, 3.05) is 14.1 Å². The number of amides is 1. The highest BCUT2D eigenvalue weighted by Gasteiger charge is 2.26. The van der Waals surface area contributed by atoms with E-state index in [9.17, 15) is 9.18 Å². The molecule has 1 aliphatic rings. The van der Waals surface area contributed by atoms with Crippen molar-refractivity contribution in [2.24, 2.45) is 0 Å². The van der Waals surface area contributed by atoms with Crippen LogP contribution in [0.1, 0.15) is 21.5 Å². The minimum Gasteiger partial charge on any atom is -0.274 e. The number of fused-ring (bicyclic) bond motifs is 1. The standard InChI is InChI=1S/C11H13FN2O/c1-7-4-8-6-13(2)14(3)11(15)9(8)5-10(7)12/h4-5H,6H2,1-3H3. The number of nitrogens with zero attached hydrogens (tertiary/aromatic N) is 2. The van der Waals surface area contributed by atoms with E-state index in [4.69, 9.17) is 0 Å². The van der Waals surface area contributed by atoms with E-state index < -0.39 is 0 Å². The van der Waals surface area contributed by atoms with E-state index in [0.29, 0.717) is 17.7 Å². The summed E-state index contributed by atoms with van der Waals surface area (Å²) in [5.74, 6) is -0.474. The fraction of sp³-hybridized carbons (Fsp3) is 0.364. The molecular formula is C11H13FN2O. The van der Waals surface area contributed by atoms with Gasteiger partial charge in [-0.3, -0.25) is 9.80 Å². The smallest absolute Gasteiger partial charge is 0.268 e. The Labute approximate surface area is 88.1 Å². The van der Waals surface area contributed by atoms with E-state index in [0.717, 1.165) is 5.56 Å². The summed E-state index contributed by atoms with van der Waals surface area (Å²) in [4.78, 5) is 11.8. The van der Waals surface area contributed by atoms with Crippen molar-refractivity contribution in [3.05, 3.63) is 34.6 Å². The molecule has 4 heteroatoms. The summed E-state index contributed by atoms with van der Waals surface area (Å²) >= 11 is 0. The van der Waals surface area contributed by atoms with Gasteiger partial charge in [-0.2, -0.15) is 0 Å². The Morgan fingerprint density at radius 2 is 2.00 bits per heavy atom.